The molecule has 1 heterocycles. The van der Waals surface area contributed by atoms with Crippen LogP contribution in [0.15, 0.2) is 194 Å². The van der Waals surface area contributed by atoms with E-state index in [1.54, 1.807) is 0 Å². The molecule has 0 saturated carbocycles. The normalized spacial score (nSPS) is 16.2. The molecule has 0 bridgehead atoms. The van der Waals surface area contributed by atoms with Gasteiger partial charge < -0.3 is 4.57 Å². The highest BCUT2D eigenvalue weighted by atomic mass is 15.0. The lowest BCUT2D eigenvalue weighted by atomic mass is 9.74. The molecule has 0 radical (unpaired) electrons. The molecule has 1 aromatic heterocycles. The smallest absolute Gasteiger partial charge is 0.0547 e. The fourth-order valence-corrected chi connectivity index (χ4v) is 13.2. The first kappa shape index (κ1) is 41.0. The van der Waals surface area contributed by atoms with E-state index in [4.69, 9.17) is 0 Å². The SMILES string of the molecule is CC(c1ccc2c(c1)C(C)(C)c1ccccc1-2)C(Cc1ccc2c(c1)C(C)(C)c1cc(-c3cccc4c3c3ccccc3n4-c3ccccc3)ccc1-2)c1ccc2c(c1)C(C)(C)c1ccccc1-2. The summed E-state index contributed by atoms with van der Waals surface area (Å²) < 4.78 is 2.42. The molecule has 9 aromatic carbocycles. The summed E-state index contributed by atoms with van der Waals surface area (Å²) >= 11 is 0. The number of nitrogens with zero attached hydrogens (tertiary/aromatic N) is 1. The van der Waals surface area contributed by atoms with E-state index in [-0.39, 0.29) is 28.1 Å². The third-order valence-corrected chi connectivity index (χ3v) is 17.0. The van der Waals surface area contributed by atoms with Crippen molar-refractivity contribution < 1.29 is 0 Å². The average Bonchev–Trinajstić information content (AvgIpc) is 3.99. The Labute approximate surface area is 401 Å². The van der Waals surface area contributed by atoms with E-state index < -0.39 is 0 Å². The zero-order valence-corrected chi connectivity index (χ0v) is 40.3. The fourth-order valence-electron chi connectivity index (χ4n) is 13.2. The summed E-state index contributed by atoms with van der Waals surface area (Å²) in [5.74, 6) is 0.543. The molecule has 2 unspecified atom stereocenters. The Morgan fingerprint density at radius 3 is 1.56 bits per heavy atom. The standard InChI is InChI=1S/C67H57N/c1-41(43-29-33-51-48-20-11-14-24-56(48)65(2,3)59(51)38-43)55(45-31-35-52-49-21-12-15-25-57(49)66(4,5)60(52)40-45)36-42-28-32-50-53-34-30-44(39-61(53)67(6,7)58(50)37-42)47-23-17-27-63-64(47)54-22-13-16-26-62(54)68(63)46-18-9-8-10-19-46/h8-35,37-41,55H,36H2,1-7H3. The van der Waals surface area contributed by atoms with Crippen LogP contribution in [0.3, 0.4) is 0 Å². The van der Waals surface area contributed by atoms with Crippen molar-refractivity contribution in [2.75, 3.05) is 0 Å². The molecule has 68 heavy (non-hydrogen) atoms. The van der Waals surface area contributed by atoms with Crippen LogP contribution in [-0.2, 0) is 22.7 Å². The monoisotopic (exact) mass is 875 g/mol. The molecule has 2 atom stereocenters. The van der Waals surface area contributed by atoms with E-state index in [1.165, 1.54) is 122 Å². The highest BCUT2D eigenvalue weighted by Crippen LogP contribution is 2.54. The highest BCUT2D eigenvalue weighted by Gasteiger charge is 2.40. The van der Waals surface area contributed by atoms with Gasteiger partial charge in [0.05, 0.1) is 11.0 Å². The minimum atomic E-state index is -0.173. The van der Waals surface area contributed by atoms with Crippen molar-refractivity contribution in [2.45, 2.75) is 83.0 Å². The maximum absolute atomic E-state index is 2.58. The maximum atomic E-state index is 2.58. The van der Waals surface area contributed by atoms with Gasteiger partial charge in [0.1, 0.15) is 0 Å². The lowest BCUT2D eigenvalue weighted by Crippen LogP contribution is -2.18. The summed E-state index contributed by atoms with van der Waals surface area (Å²) in [5.41, 5.74) is 27.0. The van der Waals surface area contributed by atoms with Gasteiger partial charge in [-0.05, 0) is 143 Å². The number of aromatic nitrogens is 1. The third-order valence-electron chi connectivity index (χ3n) is 17.0. The Balaban J connectivity index is 0.895. The largest absolute Gasteiger partial charge is 0.309 e. The van der Waals surface area contributed by atoms with Gasteiger partial charge in [0.15, 0.2) is 0 Å². The Kier molecular flexibility index (Phi) is 8.83. The molecule has 0 spiro atoms. The van der Waals surface area contributed by atoms with Crippen molar-refractivity contribution in [3.8, 4) is 50.2 Å². The third kappa shape index (κ3) is 5.81. The summed E-state index contributed by atoms with van der Waals surface area (Å²) in [4.78, 5) is 0. The van der Waals surface area contributed by atoms with Crippen LogP contribution in [0.25, 0.3) is 72.0 Å². The maximum Gasteiger partial charge on any atom is 0.0547 e. The van der Waals surface area contributed by atoms with Gasteiger partial charge >= 0.3 is 0 Å². The van der Waals surface area contributed by atoms with Gasteiger partial charge in [0.2, 0.25) is 0 Å². The molecule has 13 rings (SSSR count). The van der Waals surface area contributed by atoms with Crippen LogP contribution in [0.4, 0.5) is 0 Å². The first-order chi connectivity index (χ1) is 32.9. The molecule has 3 aliphatic rings. The van der Waals surface area contributed by atoms with Crippen LogP contribution >= 0.6 is 0 Å². The molecule has 0 saturated heterocycles. The quantitative estimate of drug-likeness (QED) is 0.150. The first-order valence-corrected chi connectivity index (χ1v) is 24.8. The molecule has 3 aliphatic carbocycles. The van der Waals surface area contributed by atoms with Gasteiger partial charge in [0.25, 0.3) is 0 Å². The highest BCUT2D eigenvalue weighted by molar-refractivity contribution is 6.16. The lowest BCUT2D eigenvalue weighted by Gasteiger charge is -2.29. The minimum absolute atomic E-state index is 0.0471. The van der Waals surface area contributed by atoms with Crippen molar-refractivity contribution in [3.05, 3.63) is 244 Å². The number of hydrogen-bond donors (Lipinski definition) is 0. The molecule has 0 aliphatic heterocycles. The van der Waals surface area contributed by atoms with Crippen molar-refractivity contribution in [1.82, 2.24) is 4.57 Å². The molecular weight excluding hydrogens is 819 g/mol. The second-order valence-corrected chi connectivity index (χ2v) is 21.7. The molecule has 1 nitrogen and oxygen atoms in total. The molecule has 0 fully saturated rings. The van der Waals surface area contributed by atoms with Gasteiger partial charge in [-0.25, -0.2) is 0 Å². The van der Waals surface area contributed by atoms with Gasteiger partial charge in [-0.1, -0.05) is 212 Å². The van der Waals surface area contributed by atoms with Crippen LogP contribution in [0, 0.1) is 0 Å². The Morgan fingerprint density at radius 1 is 0.382 bits per heavy atom. The minimum Gasteiger partial charge on any atom is -0.309 e. The lowest BCUT2D eigenvalue weighted by molar-refractivity contribution is 0.565. The van der Waals surface area contributed by atoms with Gasteiger partial charge in [-0.2, -0.15) is 0 Å². The summed E-state index contributed by atoms with van der Waals surface area (Å²) in [5, 5.41) is 2.58. The number of fused-ring (bicyclic) bond motifs is 12. The van der Waals surface area contributed by atoms with E-state index >= 15 is 0 Å². The summed E-state index contributed by atoms with van der Waals surface area (Å²) in [7, 11) is 0. The predicted octanol–water partition coefficient (Wildman–Crippen LogP) is 17.5. The van der Waals surface area contributed by atoms with E-state index in [1.807, 2.05) is 0 Å². The summed E-state index contributed by atoms with van der Waals surface area (Å²) in [6, 6.07) is 74.1. The van der Waals surface area contributed by atoms with Gasteiger partial charge in [-0.3, -0.25) is 0 Å². The van der Waals surface area contributed by atoms with Crippen LogP contribution in [0.2, 0.25) is 0 Å². The van der Waals surface area contributed by atoms with Crippen LogP contribution < -0.4 is 0 Å². The zero-order valence-electron chi connectivity index (χ0n) is 40.3. The molecule has 10 aromatic rings. The summed E-state index contributed by atoms with van der Waals surface area (Å²) in [6.07, 6.45) is 0.951. The molecule has 0 N–H and O–H groups in total. The topological polar surface area (TPSA) is 4.93 Å². The Morgan fingerprint density at radius 2 is 0.868 bits per heavy atom. The van der Waals surface area contributed by atoms with Crippen LogP contribution in [0.1, 0.15) is 110 Å². The van der Waals surface area contributed by atoms with E-state index in [0.29, 0.717) is 0 Å². The van der Waals surface area contributed by atoms with Gasteiger partial charge in [-0.15, -0.1) is 0 Å². The van der Waals surface area contributed by atoms with E-state index in [9.17, 15) is 0 Å². The van der Waals surface area contributed by atoms with E-state index in [2.05, 4.69) is 247 Å². The van der Waals surface area contributed by atoms with E-state index in [0.717, 1.165) is 6.42 Å². The molecule has 0 amide bonds. The fraction of sp³-hybridized carbons (Fsp3) is 0.194. The Bertz CT molecular complexity index is 3700. The zero-order chi connectivity index (χ0) is 46.3. The van der Waals surface area contributed by atoms with Crippen molar-refractivity contribution in [3.63, 3.8) is 0 Å². The number of para-hydroxylation sites is 2. The Hall–Kier alpha value is -7.22. The van der Waals surface area contributed by atoms with Crippen LogP contribution in [-0.4, -0.2) is 4.57 Å². The average molecular weight is 876 g/mol. The number of benzene rings is 9. The van der Waals surface area contributed by atoms with Crippen molar-refractivity contribution in [1.29, 1.82) is 0 Å². The molecular formula is C67H57N. The summed E-state index contributed by atoms with van der Waals surface area (Å²) in [6.45, 7) is 17.0. The second kappa shape index (κ2) is 14.6. The molecule has 1 heteroatoms. The predicted molar refractivity (Wildman–Crippen MR) is 287 cm³/mol. The number of hydrogen-bond acceptors (Lipinski definition) is 0. The number of rotatable bonds is 7. The van der Waals surface area contributed by atoms with Crippen LogP contribution in [0.5, 0.6) is 0 Å². The van der Waals surface area contributed by atoms with Crippen molar-refractivity contribution in [2.24, 2.45) is 0 Å². The first-order valence-electron chi connectivity index (χ1n) is 24.8. The molecule has 330 valence electrons. The second-order valence-electron chi connectivity index (χ2n) is 21.7. The van der Waals surface area contributed by atoms with Crippen molar-refractivity contribution >= 4 is 21.8 Å². The van der Waals surface area contributed by atoms with Gasteiger partial charge in [0, 0.05) is 32.7 Å².